The van der Waals surface area contributed by atoms with E-state index in [0.717, 1.165) is 0 Å². The molecule has 0 aromatic carbocycles. The smallest absolute Gasteiger partial charge is 0.131 e. The summed E-state index contributed by atoms with van der Waals surface area (Å²) in [4.78, 5) is 1.45. The van der Waals surface area contributed by atoms with Crippen molar-refractivity contribution in [2.45, 2.75) is 18.4 Å². The summed E-state index contributed by atoms with van der Waals surface area (Å²) < 4.78 is 0. The number of likely N-dealkylation sites (tertiary alicyclic amines) is 1. The van der Waals surface area contributed by atoms with Crippen LogP contribution in [0, 0.1) is 0 Å². The predicted octanol–water partition coefficient (Wildman–Crippen LogP) is -2.24. The van der Waals surface area contributed by atoms with Crippen molar-refractivity contribution in [3.8, 4) is 0 Å². The SMILES string of the molecule is Cl.OCC(O)N1CC(O)C1CO. The number of rotatable bonds is 3. The normalized spacial score (nSPS) is 32.0. The molecule has 0 saturated carbocycles. The second-order valence-electron chi connectivity index (χ2n) is 2.68. The Morgan fingerprint density at radius 1 is 1.42 bits per heavy atom. The van der Waals surface area contributed by atoms with Gasteiger partial charge in [0.05, 0.1) is 25.4 Å². The molecule has 1 fully saturated rings. The molecular formula is C6H14ClNO4. The van der Waals surface area contributed by atoms with Crippen LogP contribution in [0.1, 0.15) is 0 Å². The van der Waals surface area contributed by atoms with Crippen molar-refractivity contribution in [2.24, 2.45) is 0 Å². The van der Waals surface area contributed by atoms with Crippen LogP contribution in [0.2, 0.25) is 0 Å². The van der Waals surface area contributed by atoms with Crippen molar-refractivity contribution in [1.29, 1.82) is 0 Å². The molecule has 12 heavy (non-hydrogen) atoms. The van der Waals surface area contributed by atoms with Crippen molar-refractivity contribution in [2.75, 3.05) is 19.8 Å². The lowest BCUT2D eigenvalue weighted by molar-refractivity contribution is -0.168. The van der Waals surface area contributed by atoms with Gasteiger partial charge in [-0.25, -0.2) is 0 Å². The van der Waals surface area contributed by atoms with Crippen molar-refractivity contribution >= 4 is 12.4 Å². The molecule has 5 nitrogen and oxygen atoms in total. The van der Waals surface area contributed by atoms with E-state index in [-0.39, 0.29) is 25.6 Å². The summed E-state index contributed by atoms with van der Waals surface area (Å²) in [5, 5.41) is 35.3. The zero-order valence-corrected chi connectivity index (χ0v) is 7.31. The number of β-amino-alcohol motifs (C(OH)–C–C–N with tert-alkyl or cyclic N) is 1. The Kier molecular flexibility index (Phi) is 5.00. The van der Waals surface area contributed by atoms with Gasteiger partial charge in [-0.1, -0.05) is 0 Å². The zero-order valence-electron chi connectivity index (χ0n) is 6.50. The molecule has 3 atom stereocenters. The number of aliphatic hydroxyl groups is 4. The summed E-state index contributed by atoms with van der Waals surface area (Å²) in [5.74, 6) is 0. The van der Waals surface area contributed by atoms with Gasteiger partial charge in [0.2, 0.25) is 0 Å². The van der Waals surface area contributed by atoms with E-state index in [9.17, 15) is 0 Å². The summed E-state index contributed by atoms with van der Waals surface area (Å²) in [6.07, 6.45) is -1.54. The maximum absolute atomic E-state index is 9.05. The first-order chi connectivity index (χ1) is 5.20. The molecule has 1 rings (SSSR count). The molecular weight excluding hydrogens is 186 g/mol. The molecule has 0 bridgehead atoms. The van der Waals surface area contributed by atoms with E-state index in [1.54, 1.807) is 0 Å². The number of aliphatic hydroxyl groups excluding tert-OH is 4. The third kappa shape index (κ3) is 2.07. The van der Waals surface area contributed by atoms with Crippen LogP contribution in [-0.2, 0) is 0 Å². The maximum Gasteiger partial charge on any atom is 0.131 e. The summed E-state index contributed by atoms with van der Waals surface area (Å²) in [5.41, 5.74) is 0. The summed E-state index contributed by atoms with van der Waals surface area (Å²) >= 11 is 0. The van der Waals surface area contributed by atoms with Crippen molar-refractivity contribution in [3.63, 3.8) is 0 Å². The van der Waals surface area contributed by atoms with Crippen LogP contribution in [0.25, 0.3) is 0 Å². The van der Waals surface area contributed by atoms with Gasteiger partial charge in [-0.2, -0.15) is 0 Å². The Morgan fingerprint density at radius 3 is 2.33 bits per heavy atom. The Hall–Kier alpha value is 0.0900. The van der Waals surface area contributed by atoms with E-state index in [4.69, 9.17) is 20.4 Å². The maximum atomic E-state index is 9.05. The minimum atomic E-state index is -0.962. The second kappa shape index (κ2) is 4.96. The molecule has 0 spiro atoms. The number of hydrogen-bond donors (Lipinski definition) is 4. The summed E-state index contributed by atoms with van der Waals surface area (Å²) in [6, 6.07) is -0.419. The van der Waals surface area contributed by atoms with E-state index in [0.29, 0.717) is 6.54 Å². The van der Waals surface area contributed by atoms with E-state index < -0.39 is 18.4 Å². The topological polar surface area (TPSA) is 84.2 Å². The predicted molar refractivity (Wildman–Crippen MR) is 43.9 cm³/mol. The fourth-order valence-electron chi connectivity index (χ4n) is 1.23. The van der Waals surface area contributed by atoms with Gasteiger partial charge in [0, 0.05) is 6.54 Å². The summed E-state index contributed by atoms with van der Waals surface area (Å²) in [7, 11) is 0. The molecule has 1 saturated heterocycles. The molecule has 4 N–H and O–H groups in total. The molecule has 6 heteroatoms. The molecule has 3 unspecified atom stereocenters. The highest BCUT2D eigenvalue weighted by molar-refractivity contribution is 5.85. The molecule has 1 aliphatic heterocycles. The number of hydrogen-bond acceptors (Lipinski definition) is 5. The Bertz CT molecular complexity index is 137. The quantitative estimate of drug-likeness (QED) is 0.413. The van der Waals surface area contributed by atoms with Crippen LogP contribution in [0.15, 0.2) is 0 Å². The average molecular weight is 200 g/mol. The van der Waals surface area contributed by atoms with E-state index >= 15 is 0 Å². The van der Waals surface area contributed by atoms with Crippen molar-refractivity contribution in [1.82, 2.24) is 4.90 Å². The van der Waals surface area contributed by atoms with Gasteiger partial charge in [-0.3, -0.25) is 4.90 Å². The fraction of sp³-hybridized carbons (Fsp3) is 1.00. The molecule has 74 valence electrons. The third-order valence-electron chi connectivity index (χ3n) is 2.00. The standard InChI is InChI=1S/C6H13NO4.ClH/c8-2-4-5(10)1-7(4)6(11)3-9;/h4-6,8-11H,1-3H2;1H. The molecule has 0 radical (unpaired) electrons. The van der Waals surface area contributed by atoms with Gasteiger partial charge >= 0.3 is 0 Å². The zero-order chi connectivity index (χ0) is 8.43. The summed E-state index contributed by atoms with van der Waals surface area (Å²) in [6.45, 7) is -0.256. The fourth-order valence-corrected chi connectivity index (χ4v) is 1.23. The molecule has 0 aromatic rings. The largest absolute Gasteiger partial charge is 0.395 e. The Balaban J connectivity index is 0.00000121. The van der Waals surface area contributed by atoms with Crippen LogP contribution in [-0.4, -0.2) is 63.5 Å². The van der Waals surface area contributed by atoms with Crippen LogP contribution >= 0.6 is 12.4 Å². The minimum Gasteiger partial charge on any atom is -0.395 e. The lowest BCUT2D eigenvalue weighted by Gasteiger charge is -2.46. The molecule has 1 aliphatic rings. The highest BCUT2D eigenvalue weighted by Gasteiger charge is 2.40. The highest BCUT2D eigenvalue weighted by Crippen LogP contribution is 2.19. The van der Waals surface area contributed by atoms with Crippen LogP contribution in [0.5, 0.6) is 0 Å². The van der Waals surface area contributed by atoms with E-state index in [1.165, 1.54) is 4.90 Å². The van der Waals surface area contributed by atoms with E-state index in [1.807, 2.05) is 0 Å². The lowest BCUT2D eigenvalue weighted by Crippen LogP contribution is -2.65. The van der Waals surface area contributed by atoms with Crippen LogP contribution < -0.4 is 0 Å². The van der Waals surface area contributed by atoms with E-state index in [2.05, 4.69) is 0 Å². The van der Waals surface area contributed by atoms with Crippen molar-refractivity contribution < 1.29 is 20.4 Å². The number of halogens is 1. The van der Waals surface area contributed by atoms with Gasteiger partial charge in [-0.15, -0.1) is 12.4 Å². The average Bonchev–Trinajstić information content (AvgIpc) is 1.99. The first-order valence-electron chi connectivity index (χ1n) is 3.54. The first kappa shape index (κ1) is 12.1. The van der Waals surface area contributed by atoms with Crippen molar-refractivity contribution in [3.05, 3.63) is 0 Å². The minimum absolute atomic E-state index is 0. The third-order valence-corrected chi connectivity index (χ3v) is 2.00. The monoisotopic (exact) mass is 199 g/mol. The van der Waals surface area contributed by atoms with Crippen LogP contribution in [0.3, 0.4) is 0 Å². The van der Waals surface area contributed by atoms with Gasteiger partial charge in [0.15, 0.2) is 0 Å². The second-order valence-corrected chi connectivity index (χ2v) is 2.68. The van der Waals surface area contributed by atoms with Gasteiger partial charge in [0.1, 0.15) is 6.23 Å². The van der Waals surface area contributed by atoms with Gasteiger partial charge in [0.25, 0.3) is 0 Å². The van der Waals surface area contributed by atoms with Gasteiger partial charge in [-0.05, 0) is 0 Å². The van der Waals surface area contributed by atoms with Gasteiger partial charge < -0.3 is 20.4 Å². The molecule has 0 aliphatic carbocycles. The lowest BCUT2D eigenvalue weighted by atomic mass is 10.00. The van der Waals surface area contributed by atoms with Crippen LogP contribution in [0.4, 0.5) is 0 Å². The Labute approximate surface area is 76.6 Å². The number of nitrogens with zero attached hydrogens (tertiary/aromatic N) is 1. The Morgan fingerprint density at radius 2 is 2.00 bits per heavy atom. The molecule has 1 heterocycles. The highest BCUT2D eigenvalue weighted by atomic mass is 35.5. The molecule has 0 amide bonds. The first-order valence-corrected chi connectivity index (χ1v) is 3.54. The molecule has 0 aromatic heterocycles.